The maximum absolute atomic E-state index is 5.39. The van der Waals surface area contributed by atoms with E-state index in [1.165, 1.54) is 5.56 Å². The molecule has 9 nitrogen and oxygen atoms in total. The van der Waals surface area contributed by atoms with Gasteiger partial charge in [0.05, 0.1) is 18.7 Å². The maximum atomic E-state index is 5.39. The van der Waals surface area contributed by atoms with Gasteiger partial charge in [0.25, 0.3) is 0 Å². The smallest absolute Gasteiger partial charge is 0.191 e. The van der Waals surface area contributed by atoms with Crippen LogP contribution in [0.4, 0.5) is 5.82 Å². The first-order chi connectivity index (χ1) is 14.1. The summed E-state index contributed by atoms with van der Waals surface area (Å²) < 4.78 is 7.12. The van der Waals surface area contributed by atoms with E-state index in [2.05, 4.69) is 54.2 Å². The Morgan fingerprint density at radius 2 is 2.00 bits per heavy atom. The molecule has 0 aliphatic heterocycles. The standard InChI is InChI=1S/C20H28N8O/c1-14-5-6-15(11-17(14)29-4)7-8-23-20(21-2)24-10-9-22-18-16-12-27-28(3)19(16)26-13-25-18/h5-6,11-13H,7-10H2,1-4H3,(H2,21,23,24)(H,22,25,26). The number of benzene rings is 1. The van der Waals surface area contributed by atoms with Crippen molar-refractivity contribution in [3.8, 4) is 5.75 Å². The van der Waals surface area contributed by atoms with E-state index in [4.69, 9.17) is 4.74 Å². The number of hydrogen-bond acceptors (Lipinski definition) is 6. The summed E-state index contributed by atoms with van der Waals surface area (Å²) in [5.74, 6) is 2.46. The van der Waals surface area contributed by atoms with Crippen LogP contribution in [0, 0.1) is 6.92 Å². The summed E-state index contributed by atoms with van der Waals surface area (Å²) in [7, 11) is 5.33. The highest BCUT2D eigenvalue weighted by molar-refractivity contribution is 5.86. The van der Waals surface area contributed by atoms with Gasteiger partial charge in [-0.05, 0) is 30.5 Å². The lowest BCUT2D eigenvalue weighted by atomic mass is 10.1. The van der Waals surface area contributed by atoms with Gasteiger partial charge in [0.15, 0.2) is 11.6 Å². The molecule has 3 N–H and O–H groups in total. The molecule has 154 valence electrons. The Kier molecular flexibility index (Phi) is 6.83. The molecule has 0 aliphatic rings. The molecule has 0 atom stereocenters. The Bertz CT molecular complexity index is 982. The van der Waals surface area contributed by atoms with Gasteiger partial charge >= 0.3 is 0 Å². The minimum atomic E-state index is 0.691. The molecule has 0 saturated heterocycles. The van der Waals surface area contributed by atoms with Crippen LogP contribution in [0.2, 0.25) is 0 Å². The Morgan fingerprint density at radius 1 is 1.17 bits per heavy atom. The lowest BCUT2D eigenvalue weighted by Crippen LogP contribution is -2.40. The minimum absolute atomic E-state index is 0.691. The zero-order valence-corrected chi connectivity index (χ0v) is 17.4. The Labute approximate surface area is 170 Å². The number of hydrogen-bond donors (Lipinski definition) is 3. The second kappa shape index (κ2) is 9.72. The van der Waals surface area contributed by atoms with E-state index in [0.29, 0.717) is 13.1 Å². The number of guanidine groups is 1. The maximum Gasteiger partial charge on any atom is 0.191 e. The van der Waals surface area contributed by atoms with Gasteiger partial charge in [-0.25, -0.2) is 9.97 Å². The molecule has 0 radical (unpaired) electrons. The highest BCUT2D eigenvalue weighted by Crippen LogP contribution is 2.19. The number of fused-ring (bicyclic) bond motifs is 1. The van der Waals surface area contributed by atoms with Crippen LogP contribution < -0.4 is 20.7 Å². The van der Waals surface area contributed by atoms with Crippen molar-refractivity contribution >= 4 is 22.8 Å². The molecule has 29 heavy (non-hydrogen) atoms. The van der Waals surface area contributed by atoms with Crippen molar-refractivity contribution in [2.75, 3.05) is 39.1 Å². The van der Waals surface area contributed by atoms with Gasteiger partial charge in [-0.15, -0.1) is 0 Å². The molecule has 0 unspecified atom stereocenters. The first kappa shape index (κ1) is 20.4. The van der Waals surface area contributed by atoms with Crippen LogP contribution in [0.15, 0.2) is 35.7 Å². The van der Waals surface area contributed by atoms with Crippen molar-refractivity contribution in [3.05, 3.63) is 41.9 Å². The van der Waals surface area contributed by atoms with Crippen LogP contribution in [0.25, 0.3) is 11.0 Å². The fraction of sp³-hybridized carbons (Fsp3) is 0.400. The highest BCUT2D eigenvalue weighted by Gasteiger charge is 2.07. The summed E-state index contributed by atoms with van der Waals surface area (Å²) in [5.41, 5.74) is 3.17. The Balaban J connectivity index is 1.42. The van der Waals surface area contributed by atoms with E-state index >= 15 is 0 Å². The third-order valence-corrected chi connectivity index (χ3v) is 4.64. The van der Waals surface area contributed by atoms with Crippen LogP contribution in [-0.4, -0.2) is 59.5 Å². The van der Waals surface area contributed by atoms with E-state index in [9.17, 15) is 0 Å². The molecule has 0 bridgehead atoms. The second-order valence-corrected chi connectivity index (χ2v) is 6.63. The van der Waals surface area contributed by atoms with Gasteiger partial charge in [-0.1, -0.05) is 12.1 Å². The van der Waals surface area contributed by atoms with Crippen LogP contribution in [0.3, 0.4) is 0 Å². The summed E-state index contributed by atoms with van der Waals surface area (Å²) in [4.78, 5) is 12.8. The largest absolute Gasteiger partial charge is 0.496 e. The van der Waals surface area contributed by atoms with Gasteiger partial charge in [0, 0.05) is 33.7 Å². The normalized spacial score (nSPS) is 11.5. The number of ether oxygens (including phenoxy) is 1. The summed E-state index contributed by atoms with van der Waals surface area (Å²) in [6.07, 6.45) is 4.20. The van der Waals surface area contributed by atoms with E-state index in [1.54, 1.807) is 31.4 Å². The van der Waals surface area contributed by atoms with Crippen molar-refractivity contribution in [1.29, 1.82) is 0 Å². The second-order valence-electron chi connectivity index (χ2n) is 6.63. The Morgan fingerprint density at radius 3 is 2.79 bits per heavy atom. The Hall–Kier alpha value is -3.36. The molecular formula is C20H28N8O. The molecule has 0 spiro atoms. The topological polar surface area (TPSA) is 101 Å². The van der Waals surface area contributed by atoms with Crippen LogP contribution in [0.5, 0.6) is 5.75 Å². The molecule has 1 aromatic carbocycles. The quantitative estimate of drug-likeness (QED) is 0.301. The zero-order chi connectivity index (χ0) is 20.6. The van der Waals surface area contributed by atoms with Crippen molar-refractivity contribution in [1.82, 2.24) is 30.4 Å². The number of nitrogens with one attached hydrogen (secondary N) is 3. The molecule has 2 aromatic heterocycles. The molecule has 0 saturated carbocycles. The fourth-order valence-corrected chi connectivity index (χ4v) is 3.03. The molecular weight excluding hydrogens is 368 g/mol. The van der Waals surface area contributed by atoms with E-state index in [0.717, 1.165) is 47.1 Å². The highest BCUT2D eigenvalue weighted by atomic mass is 16.5. The van der Waals surface area contributed by atoms with E-state index < -0.39 is 0 Å². The SMILES string of the molecule is CN=C(NCCNc1ncnc2c1cnn2C)NCCc1ccc(C)c(OC)c1. The average molecular weight is 396 g/mol. The first-order valence-corrected chi connectivity index (χ1v) is 9.57. The third kappa shape index (κ3) is 5.13. The van der Waals surface area contributed by atoms with Gasteiger partial charge in [-0.3, -0.25) is 9.67 Å². The van der Waals surface area contributed by atoms with E-state index in [1.807, 2.05) is 14.0 Å². The van der Waals surface area contributed by atoms with Gasteiger partial charge in [0.1, 0.15) is 17.9 Å². The number of aryl methyl sites for hydroxylation is 2. The predicted octanol–water partition coefficient (Wildman–Crippen LogP) is 1.50. The van der Waals surface area contributed by atoms with Crippen LogP contribution in [0.1, 0.15) is 11.1 Å². The predicted molar refractivity (Wildman–Crippen MR) is 116 cm³/mol. The van der Waals surface area contributed by atoms with Gasteiger partial charge in [0.2, 0.25) is 0 Å². The molecule has 3 aromatic rings. The van der Waals surface area contributed by atoms with Crippen molar-refractivity contribution in [2.45, 2.75) is 13.3 Å². The molecule has 9 heteroatoms. The third-order valence-electron chi connectivity index (χ3n) is 4.64. The molecule has 0 aliphatic carbocycles. The average Bonchev–Trinajstić information content (AvgIpc) is 3.12. The molecule has 2 heterocycles. The van der Waals surface area contributed by atoms with Crippen molar-refractivity contribution < 1.29 is 4.74 Å². The van der Waals surface area contributed by atoms with Crippen LogP contribution >= 0.6 is 0 Å². The minimum Gasteiger partial charge on any atom is -0.496 e. The lowest BCUT2D eigenvalue weighted by Gasteiger charge is -2.13. The monoisotopic (exact) mass is 396 g/mol. The first-order valence-electron chi connectivity index (χ1n) is 9.57. The van der Waals surface area contributed by atoms with Crippen molar-refractivity contribution in [3.63, 3.8) is 0 Å². The number of rotatable bonds is 8. The zero-order valence-electron chi connectivity index (χ0n) is 17.4. The number of aliphatic imine (C=N–C) groups is 1. The van der Waals surface area contributed by atoms with Gasteiger partial charge in [-0.2, -0.15) is 5.10 Å². The van der Waals surface area contributed by atoms with E-state index in [-0.39, 0.29) is 0 Å². The number of anilines is 1. The summed E-state index contributed by atoms with van der Waals surface area (Å²) in [6.45, 7) is 4.21. The number of aromatic nitrogens is 4. The molecule has 0 amide bonds. The van der Waals surface area contributed by atoms with Crippen LogP contribution in [-0.2, 0) is 13.5 Å². The summed E-state index contributed by atoms with van der Waals surface area (Å²) in [5, 5.41) is 15.1. The van der Waals surface area contributed by atoms with Gasteiger partial charge < -0.3 is 20.7 Å². The van der Waals surface area contributed by atoms with Crippen molar-refractivity contribution in [2.24, 2.45) is 12.0 Å². The summed E-state index contributed by atoms with van der Waals surface area (Å²) in [6, 6.07) is 6.29. The number of methoxy groups -OCH3 is 1. The lowest BCUT2D eigenvalue weighted by molar-refractivity contribution is 0.411. The molecule has 3 rings (SSSR count). The number of nitrogens with zero attached hydrogens (tertiary/aromatic N) is 5. The summed E-state index contributed by atoms with van der Waals surface area (Å²) >= 11 is 0. The fourth-order valence-electron chi connectivity index (χ4n) is 3.03. The molecule has 0 fully saturated rings.